The third-order valence-electron chi connectivity index (χ3n) is 3.76. The van der Waals surface area contributed by atoms with Crippen LogP contribution in [0.25, 0.3) is 0 Å². The molecule has 3 nitrogen and oxygen atoms in total. The minimum absolute atomic E-state index is 0.356. The lowest BCUT2D eigenvalue weighted by molar-refractivity contribution is 0.162. The van der Waals surface area contributed by atoms with Crippen LogP contribution in [-0.2, 0) is 0 Å². The fourth-order valence-corrected chi connectivity index (χ4v) is 3.22. The van der Waals surface area contributed by atoms with E-state index in [0.717, 1.165) is 37.1 Å². The number of nitrogens with zero attached hydrogens (tertiary/aromatic N) is 1. The van der Waals surface area contributed by atoms with Crippen LogP contribution in [0.15, 0.2) is 22.7 Å². The summed E-state index contributed by atoms with van der Waals surface area (Å²) < 4.78 is 1.10. The molecular weight excluding hydrogens is 304 g/mol. The van der Waals surface area contributed by atoms with Gasteiger partial charge >= 0.3 is 0 Å². The van der Waals surface area contributed by atoms with Gasteiger partial charge in [0.05, 0.1) is 0 Å². The van der Waals surface area contributed by atoms with Gasteiger partial charge in [0.15, 0.2) is 0 Å². The molecule has 1 aliphatic heterocycles. The molecule has 0 radical (unpaired) electrons. The predicted octanol–water partition coefficient (Wildman–Crippen LogP) is 3.29. The lowest BCUT2D eigenvalue weighted by atomic mass is 9.98. The highest BCUT2D eigenvalue weighted by Crippen LogP contribution is 2.34. The van der Waals surface area contributed by atoms with E-state index in [0.29, 0.717) is 11.8 Å². The molecule has 2 rings (SSSR count). The highest BCUT2D eigenvalue weighted by atomic mass is 79.9. The Morgan fingerprint density at radius 2 is 2.11 bits per heavy atom. The largest absolute Gasteiger partial charge is 0.508 e. The van der Waals surface area contributed by atoms with Crippen LogP contribution in [0.3, 0.4) is 0 Å². The van der Waals surface area contributed by atoms with E-state index in [9.17, 15) is 5.11 Å². The number of hydrogen-bond donors (Lipinski definition) is 2. The first-order valence-corrected chi connectivity index (χ1v) is 7.95. The zero-order valence-electron chi connectivity index (χ0n) is 11.5. The summed E-state index contributed by atoms with van der Waals surface area (Å²) in [7, 11) is 0. The van der Waals surface area contributed by atoms with Crippen molar-refractivity contribution in [3.8, 4) is 5.75 Å². The van der Waals surface area contributed by atoms with Crippen LogP contribution in [0.1, 0.15) is 37.8 Å². The summed E-state index contributed by atoms with van der Waals surface area (Å²) in [6, 6.07) is 6.00. The molecule has 1 atom stereocenters. The van der Waals surface area contributed by atoms with Crippen molar-refractivity contribution in [1.29, 1.82) is 0 Å². The molecule has 4 heteroatoms. The number of benzene rings is 1. The van der Waals surface area contributed by atoms with Gasteiger partial charge in [0.25, 0.3) is 0 Å². The fraction of sp³-hybridized carbons (Fsp3) is 0.600. The Morgan fingerprint density at radius 1 is 1.37 bits per heavy atom. The molecule has 1 aliphatic rings. The smallest absolute Gasteiger partial charge is 0.115 e. The zero-order chi connectivity index (χ0) is 13.7. The van der Waals surface area contributed by atoms with Gasteiger partial charge in [0.1, 0.15) is 5.75 Å². The van der Waals surface area contributed by atoms with E-state index in [1.807, 2.05) is 12.1 Å². The van der Waals surface area contributed by atoms with Crippen LogP contribution >= 0.6 is 15.9 Å². The van der Waals surface area contributed by atoms with E-state index in [1.54, 1.807) is 6.07 Å². The minimum Gasteiger partial charge on any atom is -0.508 e. The molecule has 1 aromatic carbocycles. The number of rotatable bonds is 5. The van der Waals surface area contributed by atoms with E-state index in [2.05, 4.69) is 33.1 Å². The number of phenols is 1. The first-order chi connectivity index (χ1) is 9.22. The van der Waals surface area contributed by atoms with Crippen LogP contribution in [-0.4, -0.2) is 36.2 Å². The van der Waals surface area contributed by atoms with Crippen molar-refractivity contribution < 1.29 is 5.11 Å². The average molecular weight is 327 g/mol. The maximum absolute atomic E-state index is 9.76. The normalized spacial score (nSPS) is 18.4. The van der Waals surface area contributed by atoms with Crippen LogP contribution < -0.4 is 5.32 Å². The Kier molecular flexibility index (Phi) is 5.67. The number of unbranched alkanes of at least 4 members (excludes halogenated alkanes) is 1. The number of nitrogens with one attached hydrogen (secondary N) is 1. The van der Waals surface area contributed by atoms with E-state index in [1.165, 1.54) is 18.4 Å². The standard InChI is InChI=1S/C15H23BrN2O/c1-2-3-4-15(18-9-7-17-8-10-18)13-11-12(19)5-6-14(13)16/h5-6,11,15,17,19H,2-4,7-10H2,1H3/t15-/m0/s1. The molecule has 106 valence electrons. The molecule has 0 saturated carbocycles. The summed E-state index contributed by atoms with van der Waals surface area (Å²) >= 11 is 3.64. The number of halogens is 1. The summed E-state index contributed by atoms with van der Waals surface area (Å²) in [6.45, 7) is 6.50. The number of aromatic hydroxyl groups is 1. The van der Waals surface area contributed by atoms with Gasteiger partial charge in [0.2, 0.25) is 0 Å². The van der Waals surface area contributed by atoms with Crippen molar-refractivity contribution >= 4 is 15.9 Å². The second-order valence-corrected chi connectivity index (χ2v) is 6.00. The second-order valence-electron chi connectivity index (χ2n) is 5.15. The lowest BCUT2D eigenvalue weighted by Gasteiger charge is -2.35. The predicted molar refractivity (Wildman–Crippen MR) is 82.5 cm³/mol. The lowest BCUT2D eigenvalue weighted by Crippen LogP contribution is -2.45. The third-order valence-corrected chi connectivity index (χ3v) is 4.48. The van der Waals surface area contributed by atoms with E-state index < -0.39 is 0 Å². The Hall–Kier alpha value is -0.580. The molecule has 1 saturated heterocycles. The van der Waals surface area contributed by atoms with Crippen molar-refractivity contribution in [3.05, 3.63) is 28.2 Å². The van der Waals surface area contributed by atoms with Crippen molar-refractivity contribution in [2.75, 3.05) is 26.2 Å². The molecule has 1 heterocycles. The van der Waals surface area contributed by atoms with Gasteiger partial charge in [-0.2, -0.15) is 0 Å². The van der Waals surface area contributed by atoms with Gasteiger partial charge in [-0.15, -0.1) is 0 Å². The Bertz CT molecular complexity index is 405. The molecule has 19 heavy (non-hydrogen) atoms. The van der Waals surface area contributed by atoms with Crippen LogP contribution in [0, 0.1) is 0 Å². The Balaban J connectivity index is 2.22. The molecule has 0 aromatic heterocycles. The second kappa shape index (κ2) is 7.27. The van der Waals surface area contributed by atoms with Gasteiger partial charge in [-0.05, 0) is 30.2 Å². The molecule has 0 spiro atoms. The van der Waals surface area contributed by atoms with Crippen LogP contribution in [0.5, 0.6) is 5.75 Å². The van der Waals surface area contributed by atoms with Crippen molar-refractivity contribution in [1.82, 2.24) is 10.2 Å². The van der Waals surface area contributed by atoms with Crippen molar-refractivity contribution in [2.45, 2.75) is 32.2 Å². The molecule has 0 aliphatic carbocycles. The van der Waals surface area contributed by atoms with Gasteiger partial charge < -0.3 is 10.4 Å². The van der Waals surface area contributed by atoms with Gasteiger partial charge in [-0.3, -0.25) is 4.90 Å². The maximum Gasteiger partial charge on any atom is 0.115 e. The monoisotopic (exact) mass is 326 g/mol. The topological polar surface area (TPSA) is 35.5 Å². The highest BCUT2D eigenvalue weighted by molar-refractivity contribution is 9.10. The highest BCUT2D eigenvalue weighted by Gasteiger charge is 2.23. The fourth-order valence-electron chi connectivity index (χ4n) is 2.71. The zero-order valence-corrected chi connectivity index (χ0v) is 13.1. The summed E-state index contributed by atoms with van der Waals surface area (Å²) in [5.41, 5.74) is 1.22. The van der Waals surface area contributed by atoms with E-state index in [4.69, 9.17) is 0 Å². The number of piperazine rings is 1. The van der Waals surface area contributed by atoms with Crippen molar-refractivity contribution in [2.24, 2.45) is 0 Å². The molecule has 0 bridgehead atoms. The average Bonchev–Trinajstić information content (AvgIpc) is 2.44. The summed E-state index contributed by atoms with van der Waals surface area (Å²) in [4.78, 5) is 2.53. The Morgan fingerprint density at radius 3 is 2.79 bits per heavy atom. The molecule has 1 aromatic rings. The summed E-state index contributed by atoms with van der Waals surface area (Å²) in [6.07, 6.45) is 3.58. The molecule has 2 N–H and O–H groups in total. The quantitative estimate of drug-likeness (QED) is 0.871. The first-order valence-electron chi connectivity index (χ1n) is 7.15. The SMILES string of the molecule is CCCC[C@@H](c1cc(O)ccc1Br)N1CCNCC1. The number of phenolic OH excluding ortho intramolecular Hbond substituents is 1. The summed E-state index contributed by atoms with van der Waals surface area (Å²) in [5, 5.41) is 13.2. The summed E-state index contributed by atoms with van der Waals surface area (Å²) in [5.74, 6) is 0.356. The molecule has 0 unspecified atom stereocenters. The third kappa shape index (κ3) is 3.94. The van der Waals surface area contributed by atoms with Gasteiger partial charge in [-0.1, -0.05) is 35.7 Å². The van der Waals surface area contributed by atoms with E-state index in [-0.39, 0.29) is 0 Å². The number of hydrogen-bond acceptors (Lipinski definition) is 3. The van der Waals surface area contributed by atoms with Gasteiger partial charge in [-0.25, -0.2) is 0 Å². The van der Waals surface area contributed by atoms with Crippen LogP contribution in [0.2, 0.25) is 0 Å². The first kappa shape index (κ1) is 14.8. The molecular formula is C15H23BrN2O. The minimum atomic E-state index is 0.356. The van der Waals surface area contributed by atoms with E-state index >= 15 is 0 Å². The van der Waals surface area contributed by atoms with Gasteiger partial charge in [0, 0.05) is 36.7 Å². The molecule has 0 amide bonds. The molecule has 1 fully saturated rings. The maximum atomic E-state index is 9.76. The van der Waals surface area contributed by atoms with Crippen molar-refractivity contribution in [3.63, 3.8) is 0 Å². The Labute approximate surface area is 124 Å². The van der Waals surface area contributed by atoms with Crippen LogP contribution in [0.4, 0.5) is 0 Å².